The Morgan fingerprint density at radius 2 is 2.11 bits per heavy atom. The number of nitrogens with one attached hydrogen (secondary N) is 2. The molecule has 0 bridgehead atoms. The van der Waals surface area contributed by atoms with Crippen LogP contribution in [0.4, 0.5) is 4.39 Å². The van der Waals surface area contributed by atoms with E-state index in [1.165, 1.54) is 12.1 Å². The van der Waals surface area contributed by atoms with E-state index < -0.39 is 0 Å². The van der Waals surface area contributed by atoms with Gasteiger partial charge in [-0.3, -0.25) is 9.48 Å². The van der Waals surface area contributed by atoms with Gasteiger partial charge in [-0.25, -0.2) is 4.39 Å². The van der Waals surface area contributed by atoms with Gasteiger partial charge in [-0.1, -0.05) is 12.1 Å². The molecule has 0 saturated carbocycles. The largest absolute Gasteiger partial charge is 0.349 e. The summed E-state index contributed by atoms with van der Waals surface area (Å²) >= 11 is 0. The number of aromatic nitrogens is 2. The number of hydrogen-bond donors (Lipinski definition) is 2. The molecule has 2 atom stereocenters. The molecule has 3 rings (SSSR count). The number of rotatable bonds is 6. The molecule has 6 nitrogen and oxygen atoms in total. The molecule has 1 aliphatic heterocycles. The van der Waals surface area contributed by atoms with Crippen LogP contribution in [-0.4, -0.2) is 54.3 Å². The van der Waals surface area contributed by atoms with Gasteiger partial charge in [0.1, 0.15) is 11.5 Å². The number of amides is 1. The van der Waals surface area contributed by atoms with Gasteiger partial charge in [0.15, 0.2) is 0 Å². The quantitative estimate of drug-likeness (QED) is 0.788. The zero-order valence-corrected chi connectivity index (χ0v) is 16.5. The number of halogens is 2. The second-order valence-electron chi connectivity index (χ2n) is 6.92. The van der Waals surface area contributed by atoms with Crippen molar-refractivity contribution in [2.75, 3.05) is 33.7 Å². The summed E-state index contributed by atoms with van der Waals surface area (Å²) in [5, 5.41) is 10.7. The minimum atomic E-state index is -0.266. The minimum absolute atomic E-state index is 0. The topological polar surface area (TPSA) is 62.2 Å². The predicted molar refractivity (Wildman–Crippen MR) is 106 cm³/mol. The summed E-state index contributed by atoms with van der Waals surface area (Å²) in [4.78, 5) is 14.5. The minimum Gasteiger partial charge on any atom is -0.349 e. The first-order valence-electron chi connectivity index (χ1n) is 9.00. The van der Waals surface area contributed by atoms with Crippen LogP contribution in [-0.2, 0) is 0 Å². The Morgan fingerprint density at radius 1 is 1.37 bits per heavy atom. The van der Waals surface area contributed by atoms with Crippen molar-refractivity contribution >= 4 is 18.3 Å². The molecule has 2 heterocycles. The molecule has 8 heteroatoms. The van der Waals surface area contributed by atoms with E-state index in [1.807, 2.05) is 29.9 Å². The average molecular weight is 396 g/mol. The highest BCUT2D eigenvalue weighted by Crippen LogP contribution is 2.18. The van der Waals surface area contributed by atoms with Crippen LogP contribution in [0.5, 0.6) is 0 Å². The number of carbonyl (C=O) groups excluding carboxylic acids is 1. The molecule has 1 fully saturated rings. The van der Waals surface area contributed by atoms with Gasteiger partial charge in [-0.05, 0) is 57.2 Å². The van der Waals surface area contributed by atoms with E-state index in [9.17, 15) is 9.18 Å². The molecule has 1 aromatic carbocycles. The first-order valence-corrected chi connectivity index (χ1v) is 9.00. The molecule has 0 radical (unpaired) electrons. The second kappa shape index (κ2) is 9.82. The highest BCUT2D eigenvalue weighted by Gasteiger charge is 2.19. The fourth-order valence-electron chi connectivity index (χ4n) is 3.29. The van der Waals surface area contributed by atoms with Crippen LogP contribution in [0.1, 0.15) is 41.0 Å². The number of benzene rings is 1. The van der Waals surface area contributed by atoms with Crippen LogP contribution >= 0.6 is 12.4 Å². The number of likely N-dealkylation sites (N-methyl/N-ethyl adjacent to an activating group) is 1. The van der Waals surface area contributed by atoms with Crippen molar-refractivity contribution in [1.82, 2.24) is 25.3 Å². The Kier molecular flexibility index (Phi) is 7.77. The van der Waals surface area contributed by atoms with Gasteiger partial charge in [0, 0.05) is 19.3 Å². The molecule has 1 saturated heterocycles. The van der Waals surface area contributed by atoms with Crippen LogP contribution in [0.2, 0.25) is 0 Å². The summed E-state index contributed by atoms with van der Waals surface area (Å²) in [5.74, 6) is -0.459. The maximum atomic E-state index is 13.1. The number of carbonyl (C=O) groups is 1. The van der Waals surface area contributed by atoms with Crippen molar-refractivity contribution in [3.63, 3.8) is 0 Å². The maximum absolute atomic E-state index is 13.1. The molecule has 2 aromatic rings. The lowest BCUT2D eigenvalue weighted by molar-refractivity contribution is 0.0935. The van der Waals surface area contributed by atoms with Crippen molar-refractivity contribution in [3.8, 4) is 0 Å². The summed E-state index contributed by atoms with van der Waals surface area (Å²) in [7, 11) is 3.87. The molecule has 1 aliphatic rings. The highest BCUT2D eigenvalue weighted by atomic mass is 35.5. The molecule has 148 valence electrons. The van der Waals surface area contributed by atoms with E-state index in [4.69, 9.17) is 0 Å². The van der Waals surface area contributed by atoms with E-state index in [-0.39, 0.29) is 30.2 Å². The Bertz CT molecular complexity index is 728. The monoisotopic (exact) mass is 395 g/mol. The van der Waals surface area contributed by atoms with Gasteiger partial charge < -0.3 is 15.5 Å². The molecule has 0 aliphatic carbocycles. The number of piperidine rings is 1. The van der Waals surface area contributed by atoms with Crippen molar-refractivity contribution in [2.45, 2.75) is 24.9 Å². The summed E-state index contributed by atoms with van der Waals surface area (Å²) in [5.41, 5.74) is 1.38. The third kappa shape index (κ3) is 5.51. The standard InChI is InChI=1S/C19H26FN5O.ClH/c1-24(2)18(14-5-7-15(20)8-6-14)13-22-19(26)17-9-11-25(23-17)16-4-3-10-21-12-16;/h5-9,11,16,18,21H,3-4,10,12-13H2,1-2H3,(H,22,26);1H. The Labute approximate surface area is 165 Å². The first kappa shape index (κ1) is 21.3. The van der Waals surface area contributed by atoms with Crippen molar-refractivity contribution in [1.29, 1.82) is 0 Å². The number of nitrogens with zero attached hydrogens (tertiary/aromatic N) is 3. The Balaban J connectivity index is 0.00000261. The first-order chi connectivity index (χ1) is 12.5. The van der Waals surface area contributed by atoms with Gasteiger partial charge in [0.25, 0.3) is 5.91 Å². The summed E-state index contributed by atoms with van der Waals surface area (Å²) < 4.78 is 15.0. The van der Waals surface area contributed by atoms with E-state index in [2.05, 4.69) is 15.7 Å². The smallest absolute Gasteiger partial charge is 0.271 e. The van der Waals surface area contributed by atoms with E-state index in [0.29, 0.717) is 18.3 Å². The summed E-state index contributed by atoms with van der Waals surface area (Å²) in [6.45, 7) is 2.35. The fourth-order valence-corrected chi connectivity index (χ4v) is 3.29. The van der Waals surface area contributed by atoms with Crippen LogP contribution in [0.3, 0.4) is 0 Å². The summed E-state index contributed by atoms with van der Waals surface area (Å²) in [6.07, 6.45) is 4.06. The van der Waals surface area contributed by atoms with Gasteiger partial charge in [-0.2, -0.15) is 5.10 Å². The summed E-state index contributed by atoms with van der Waals surface area (Å²) in [6, 6.07) is 8.39. The third-order valence-corrected chi connectivity index (χ3v) is 4.82. The second-order valence-corrected chi connectivity index (χ2v) is 6.92. The SMILES string of the molecule is CN(C)C(CNC(=O)c1ccn(C2CCCNC2)n1)c1ccc(F)cc1.Cl. The Morgan fingerprint density at radius 3 is 2.74 bits per heavy atom. The Hall–Kier alpha value is -1.96. The molecule has 1 amide bonds. The van der Waals surface area contributed by atoms with Gasteiger partial charge in [0.2, 0.25) is 0 Å². The van der Waals surface area contributed by atoms with Gasteiger partial charge in [-0.15, -0.1) is 12.4 Å². The number of hydrogen-bond acceptors (Lipinski definition) is 4. The van der Waals surface area contributed by atoms with Crippen LogP contribution in [0, 0.1) is 5.82 Å². The predicted octanol–water partition coefficient (Wildman–Crippen LogP) is 2.40. The van der Waals surface area contributed by atoms with Crippen LogP contribution < -0.4 is 10.6 Å². The fraction of sp³-hybridized carbons (Fsp3) is 0.474. The molecule has 2 N–H and O–H groups in total. The van der Waals surface area contributed by atoms with E-state index >= 15 is 0 Å². The lowest BCUT2D eigenvalue weighted by Gasteiger charge is -2.25. The van der Waals surface area contributed by atoms with Crippen molar-refractivity contribution in [3.05, 3.63) is 53.6 Å². The zero-order valence-electron chi connectivity index (χ0n) is 15.7. The molecular formula is C19H27ClFN5O. The van der Waals surface area contributed by atoms with Crippen molar-refractivity contribution in [2.24, 2.45) is 0 Å². The van der Waals surface area contributed by atoms with E-state index in [1.54, 1.807) is 18.2 Å². The van der Waals surface area contributed by atoms with Gasteiger partial charge in [0.05, 0.1) is 12.1 Å². The zero-order chi connectivity index (χ0) is 18.5. The highest BCUT2D eigenvalue weighted by molar-refractivity contribution is 5.92. The third-order valence-electron chi connectivity index (χ3n) is 4.82. The lowest BCUT2D eigenvalue weighted by Crippen LogP contribution is -2.35. The lowest BCUT2D eigenvalue weighted by atomic mass is 10.1. The van der Waals surface area contributed by atoms with E-state index in [0.717, 1.165) is 31.5 Å². The normalized spacial score (nSPS) is 18.0. The molecule has 2 unspecified atom stereocenters. The van der Waals surface area contributed by atoms with Gasteiger partial charge >= 0.3 is 0 Å². The van der Waals surface area contributed by atoms with Crippen molar-refractivity contribution < 1.29 is 9.18 Å². The maximum Gasteiger partial charge on any atom is 0.271 e. The van der Waals surface area contributed by atoms with Crippen LogP contribution in [0.15, 0.2) is 36.5 Å². The molecule has 0 spiro atoms. The van der Waals surface area contributed by atoms with Crippen LogP contribution in [0.25, 0.3) is 0 Å². The average Bonchev–Trinajstić information content (AvgIpc) is 3.14. The molecule has 1 aromatic heterocycles. The molecular weight excluding hydrogens is 369 g/mol. The molecule has 27 heavy (non-hydrogen) atoms.